The van der Waals surface area contributed by atoms with Crippen LogP contribution in [0.3, 0.4) is 0 Å². The summed E-state index contributed by atoms with van der Waals surface area (Å²) in [5.74, 6) is -0.225. The van der Waals surface area contributed by atoms with Crippen LogP contribution >= 0.6 is 23.2 Å². The zero-order chi connectivity index (χ0) is 18.6. The molecule has 2 N–H and O–H groups in total. The van der Waals surface area contributed by atoms with E-state index in [1.54, 1.807) is 9.80 Å². The van der Waals surface area contributed by atoms with E-state index in [-0.39, 0.29) is 42.2 Å². The Bertz CT molecular complexity index is 766. The second-order valence-corrected chi connectivity index (χ2v) is 8.15. The molecule has 1 aliphatic carbocycles. The van der Waals surface area contributed by atoms with Crippen molar-refractivity contribution in [2.45, 2.75) is 49.8 Å². The van der Waals surface area contributed by atoms with E-state index >= 15 is 0 Å². The third kappa shape index (κ3) is 2.84. The summed E-state index contributed by atoms with van der Waals surface area (Å²) >= 11 is 12.4. The molecule has 4 rings (SSSR count). The van der Waals surface area contributed by atoms with E-state index in [2.05, 4.69) is 0 Å². The number of piperazine rings is 1. The number of halogens is 2. The number of hydrogen-bond acceptors (Lipinski definition) is 4. The van der Waals surface area contributed by atoms with Gasteiger partial charge < -0.3 is 20.0 Å². The van der Waals surface area contributed by atoms with Crippen molar-refractivity contribution < 1.29 is 19.8 Å². The highest BCUT2D eigenvalue weighted by atomic mass is 35.5. The lowest BCUT2D eigenvalue weighted by Gasteiger charge is -2.49. The standard InChI is InChI=1S/C18H20Cl2N2O4/c19-12-1-2-14(24)16(17(12)20)9-3-4-21-13(5-9)18(26)22(8-15(21)25)10-6-11(23)7-10/h1-2,9-11,13,23-24H,3-8H2/t9-,10-,11-,13+/m1/s1. The number of rotatable bonds is 2. The van der Waals surface area contributed by atoms with Gasteiger partial charge in [0.05, 0.1) is 16.1 Å². The maximum atomic E-state index is 13.0. The minimum Gasteiger partial charge on any atom is -0.508 e. The summed E-state index contributed by atoms with van der Waals surface area (Å²) in [6.07, 6.45) is 1.68. The number of nitrogens with zero attached hydrogens (tertiary/aromatic N) is 2. The van der Waals surface area contributed by atoms with E-state index < -0.39 is 6.04 Å². The number of aromatic hydroxyl groups is 1. The third-order valence-corrected chi connectivity index (χ3v) is 6.66. The molecule has 8 heteroatoms. The summed E-state index contributed by atoms with van der Waals surface area (Å²) in [4.78, 5) is 28.8. The van der Waals surface area contributed by atoms with Gasteiger partial charge in [0, 0.05) is 18.2 Å². The summed E-state index contributed by atoms with van der Waals surface area (Å²) in [6, 6.07) is 2.43. The zero-order valence-corrected chi connectivity index (χ0v) is 15.6. The largest absolute Gasteiger partial charge is 0.508 e. The monoisotopic (exact) mass is 398 g/mol. The highest BCUT2D eigenvalue weighted by Gasteiger charge is 2.47. The number of fused-ring (bicyclic) bond motifs is 1. The molecule has 0 radical (unpaired) electrons. The van der Waals surface area contributed by atoms with Crippen molar-refractivity contribution in [1.82, 2.24) is 9.80 Å². The van der Waals surface area contributed by atoms with Crippen LogP contribution in [0.2, 0.25) is 10.0 Å². The Hall–Kier alpha value is -1.50. The van der Waals surface area contributed by atoms with Crippen molar-refractivity contribution in [3.05, 3.63) is 27.7 Å². The molecule has 2 atom stereocenters. The van der Waals surface area contributed by atoms with E-state index in [0.29, 0.717) is 47.8 Å². The van der Waals surface area contributed by atoms with Gasteiger partial charge in [-0.2, -0.15) is 0 Å². The molecule has 0 aromatic heterocycles. The normalized spacial score (nSPS) is 31.7. The van der Waals surface area contributed by atoms with Gasteiger partial charge in [0.2, 0.25) is 11.8 Å². The molecule has 3 aliphatic rings. The maximum absolute atomic E-state index is 13.0. The molecule has 2 aliphatic heterocycles. The lowest BCUT2D eigenvalue weighted by molar-refractivity contribution is -0.164. The highest BCUT2D eigenvalue weighted by molar-refractivity contribution is 6.42. The summed E-state index contributed by atoms with van der Waals surface area (Å²) < 4.78 is 0. The first-order valence-electron chi connectivity index (χ1n) is 8.81. The molecule has 2 amide bonds. The molecular formula is C18H20Cl2N2O4. The van der Waals surface area contributed by atoms with Gasteiger partial charge >= 0.3 is 0 Å². The topological polar surface area (TPSA) is 81.1 Å². The average Bonchev–Trinajstić information content (AvgIpc) is 2.59. The predicted molar refractivity (Wildman–Crippen MR) is 96.3 cm³/mol. The smallest absolute Gasteiger partial charge is 0.246 e. The molecule has 2 heterocycles. The maximum Gasteiger partial charge on any atom is 0.246 e. The summed E-state index contributed by atoms with van der Waals surface area (Å²) in [5.41, 5.74) is 0.551. The van der Waals surface area contributed by atoms with Crippen LogP contribution < -0.4 is 0 Å². The number of carbonyl (C=O) groups excluding carboxylic acids is 2. The zero-order valence-electron chi connectivity index (χ0n) is 14.1. The van der Waals surface area contributed by atoms with Gasteiger partial charge in [-0.15, -0.1) is 0 Å². The van der Waals surface area contributed by atoms with Crippen molar-refractivity contribution in [3.8, 4) is 5.75 Å². The Kier molecular flexibility index (Phi) is 4.53. The fourth-order valence-electron chi connectivity index (χ4n) is 4.33. The van der Waals surface area contributed by atoms with Crippen LogP contribution in [0.5, 0.6) is 5.75 Å². The second-order valence-electron chi connectivity index (χ2n) is 7.36. The Balaban J connectivity index is 1.59. The SMILES string of the molecule is O=C1CN([C@H]2C[C@H](O)C2)C(=O)[C@@H]2C[C@H](c3c(O)ccc(Cl)c3Cl)CCN12. The molecular weight excluding hydrogens is 379 g/mol. The molecule has 1 aromatic carbocycles. The predicted octanol–water partition coefficient (Wildman–Crippen LogP) is 2.14. The fraction of sp³-hybridized carbons (Fsp3) is 0.556. The molecule has 3 fully saturated rings. The first-order valence-corrected chi connectivity index (χ1v) is 9.57. The Labute approximate surface area is 161 Å². The van der Waals surface area contributed by atoms with Gasteiger partial charge in [-0.3, -0.25) is 9.59 Å². The van der Waals surface area contributed by atoms with Crippen LogP contribution in [0.15, 0.2) is 12.1 Å². The number of phenols is 1. The Morgan fingerprint density at radius 3 is 2.50 bits per heavy atom. The number of phenolic OH excluding ortho intramolecular Hbond substituents is 1. The lowest BCUT2D eigenvalue weighted by atomic mass is 9.81. The number of piperidine rings is 1. The number of amides is 2. The Morgan fingerprint density at radius 2 is 1.81 bits per heavy atom. The van der Waals surface area contributed by atoms with E-state index in [1.807, 2.05) is 0 Å². The average molecular weight is 399 g/mol. The molecule has 0 bridgehead atoms. The van der Waals surface area contributed by atoms with Gasteiger partial charge in [-0.1, -0.05) is 23.2 Å². The quantitative estimate of drug-likeness (QED) is 0.799. The fourth-order valence-corrected chi connectivity index (χ4v) is 4.81. The minimum atomic E-state index is -0.554. The molecule has 140 valence electrons. The van der Waals surface area contributed by atoms with Crippen molar-refractivity contribution in [3.63, 3.8) is 0 Å². The molecule has 1 aromatic rings. The lowest BCUT2D eigenvalue weighted by Crippen LogP contribution is -2.65. The van der Waals surface area contributed by atoms with E-state index in [9.17, 15) is 19.8 Å². The van der Waals surface area contributed by atoms with Crippen molar-refractivity contribution in [2.24, 2.45) is 0 Å². The van der Waals surface area contributed by atoms with Crippen LogP contribution in [0.25, 0.3) is 0 Å². The molecule has 6 nitrogen and oxygen atoms in total. The molecule has 2 saturated heterocycles. The van der Waals surface area contributed by atoms with Crippen LogP contribution in [0.4, 0.5) is 0 Å². The van der Waals surface area contributed by atoms with Crippen molar-refractivity contribution in [2.75, 3.05) is 13.1 Å². The first kappa shape index (κ1) is 17.9. The van der Waals surface area contributed by atoms with Gasteiger partial charge in [0.25, 0.3) is 0 Å². The second kappa shape index (κ2) is 6.59. The first-order chi connectivity index (χ1) is 12.4. The molecule has 26 heavy (non-hydrogen) atoms. The van der Waals surface area contributed by atoms with Gasteiger partial charge in [-0.05, 0) is 43.7 Å². The highest BCUT2D eigenvalue weighted by Crippen LogP contribution is 2.44. The van der Waals surface area contributed by atoms with Crippen LogP contribution in [0, 0.1) is 0 Å². The van der Waals surface area contributed by atoms with Crippen LogP contribution in [0.1, 0.15) is 37.2 Å². The number of carbonyl (C=O) groups is 2. The summed E-state index contributed by atoms with van der Waals surface area (Å²) in [7, 11) is 0. The van der Waals surface area contributed by atoms with E-state index in [4.69, 9.17) is 23.2 Å². The number of benzene rings is 1. The van der Waals surface area contributed by atoms with Crippen molar-refractivity contribution >= 4 is 35.0 Å². The number of hydrogen-bond donors (Lipinski definition) is 2. The third-order valence-electron chi connectivity index (χ3n) is 5.84. The Morgan fingerprint density at radius 1 is 1.08 bits per heavy atom. The van der Waals surface area contributed by atoms with Crippen LogP contribution in [-0.4, -0.2) is 63.1 Å². The number of aliphatic hydroxyl groups excluding tert-OH is 1. The van der Waals surface area contributed by atoms with E-state index in [0.717, 1.165) is 0 Å². The van der Waals surface area contributed by atoms with E-state index in [1.165, 1.54) is 12.1 Å². The molecule has 1 saturated carbocycles. The van der Waals surface area contributed by atoms with Gasteiger partial charge in [-0.25, -0.2) is 0 Å². The molecule has 0 spiro atoms. The number of aliphatic hydroxyl groups is 1. The van der Waals surface area contributed by atoms with Gasteiger partial charge in [0.15, 0.2) is 0 Å². The van der Waals surface area contributed by atoms with Crippen molar-refractivity contribution in [1.29, 1.82) is 0 Å². The molecule has 0 unspecified atom stereocenters. The minimum absolute atomic E-state index is 0.0594. The summed E-state index contributed by atoms with van der Waals surface area (Å²) in [6.45, 7) is 0.532. The van der Waals surface area contributed by atoms with Gasteiger partial charge in [0.1, 0.15) is 18.3 Å². The van der Waals surface area contributed by atoms with Crippen LogP contribution in [-0.2, 0) is 9.59 Å². The summed E-state index contributed by atoms with van der Waals surface area (Å²) in [5, 5.41) is 20.4.